The molecule has 0 aliphatic heterocycles. The molecule has 0 radical (unpaired) electrons. The first kappa shape index (κ1) is 14.1. The predicted molar refractivity (Wildman–Crippen MR) is 83.4 cm³/mol. The summed E-state index contributed by atoms with van der Waals surface area (Å²) >= 11 is 6.06. The van der Waals surface area contributed by atoms with Gasteiger partial charge in [-0.15, -0.1) is 11.6 Å². The fourth-order valence-corrected chi connectivity index (χ4v) is 2.80. The summed E-state index contributed by atoms with van der Waals surface area (Å²) in [4.78, 5) is 9.01. The zero-order chi connectivity index (χ0) is 14.8. The molecule has 0 N–H and O–H groups in total. The van der Waals surface area contributed by atoms with Crippen LogP contribution in [0, 0.1) is 6.92 Å². The molecule has 0 aromatic carbocycles. The molecule has 0 saturated carbocycles. The van der Waals surface area contributed by atoms with Crippen molar-refractivity contribution in [2.45, 2.75) is 39.2 Å². The van der Waals surface area contributed by atoms with Crippen molar-refractivity contribution in [2.75, 3.05) is 0 Å². The second-order valence-electron chi connectivity index (χ2n) is 4.96. The summed E-state index contributed by atoms with van der Waals surface area (Å²) in [6, 6.07) is 5.98. The SMILES string of the molecule is CCn1nc(C)c2nc(CCl)n(CCc3ccccn3)c21. The molecule has 0 bridgehead atoms. The molecule has 110 valence electrons. The van der Waals surface area contributed by atoms with Gasteiger partial charge in [0.05, 0.1) is 11.6 Å². The lowest BCUT2D eigenvalue weighted by molar-refractivity contribution is 0.613. The first-order chi connectivity index (χ1) is 10.2. The van der Waals surface area contributed by atoms with Gasteiger partial charge in [-0.05, 0) is 26.0 Å². The fraction of sp³-hybridized carbons (Fsp3) is 0.400. The van der Waals surface area contributed by atoms with Crippen LogP contribution in [-0.4, -0.2) is 24.3 Å². The highest BCUT2D eigenvalue weighted by Crippen LogP contribution is 2.21. The van der Waals surface area contributed by atoms with Gasteiger partial charge in [0.25, 0.3) is 0 Å². The van der Waals surface area contributed by atoms with Crippen LogP contribution >= 0.6 is 11.6 Å². The van der Waals surface area contributed by atoms with Crippen LogP contribution in [-0.2, 0) is 25.4 Å². The number of imidazole rings is 1. The normalized spacial score (nSPS) is 11.4. The molecule has 3 heterocycles. The van der Waals surface area contributed by atoms with Gasteiger partial charge in [-0.1, -0.05) is 6.07 Å². The highest BCUT2D eigenvalue weighted by molar-refractivity contribution is 6.16. The summed E-state index contributed by atoms with van der Waals surface area (Å²) in [5.41, 5.74) is 4.03. The van der Waals surface area contributed by atoms with E-state index in [1.54, 1.807) is 0 Å². The molecular weight excluding hydrogens is 286 g/mol. The third kappa shape index (κ3) is 2.53. The Labute approximate surface area is 128 Å². The summed E-state index contributed by atoms with van der Waals surface area (Å²) in [6.07, 6.45) is 2.67. The van der Waals surface area contributed by atoms with E-state index < -0.39 is 0 Å². The first-order valence-electron chi connectivity index (χ1n) is 7.13. The van der Waals surface area contributed by atoms with Crippen molar-refractivity contribution >= 4 is 22.8 Å². The lowest BCUT2D eigenvalue weighted by atomic mass is 10.2. The molecule has 0 saturated heterocycles. The number of hydrogen-bond donors (Lipinski definition) is 0. The van der Waals surface area contributed by atoms with Crippen molar-refractivity contribution in [3.8, 4) is 0 Å². The average Bonchev–Trinajstić information content (AvgIpc) is 3.04. The number of nitrogens with zero attached hydrogens (tertiary/aromatic N) is 5. The number of rotatable bonds is 5. The van der Waals surface area contributed by atoms with Crippen molar-refractivity contribution < 1.29 is 0 Å². The monoisotopic (exact) mass is 303 g/mol. The van der Waals surface area contributed by atoms with Crippen molar-refractivity contribution in [3.05, 3.63) is 41.6 Å². The molecule has 0 spiro atoms. The Kier molecular flexibility index (Phi) is 3.92. The van der Waals surface area contributed by atoms with E-state index in [4.69, 9.17) is 11.6 Å². The molecule has 3 aromatic rings. The predicted octanol–water partition coefficient (Wildman–Crippen LogP) is 2.94. The highest BCUT2D eigenvalue weighted by atomic mass is 35.5. The maximum Gasteiger partial charge on any atom is 0.158 e. The third-order valence-electron chi connectivity index (χ3n) is 3.61. The van der Waals surface area contributed by atoms with Gasteiger partial charge >= 0.3 is 0 Å². The van der Waals surface area contributed by atoms with Crippen molar-refractivity contribution in [3.63, 3.8) is 0 Å². The number of alkyl halides is 1. The van der Waals surface area contributed by atoms with Crippen LogP contribution in [0.2, 0.25) is 0 Å². The first-order valence-corrected chi connectivity index (χ1v) is 7.66. The molecule has 5 nitrogen and oxygen atoms in total. The largest absolute Gasteiger partial charge is 0.311 e. The minimum atomic E-state index is 0.403. The molecule has 21 heavy (non-hydrogen) atoms. The zero-order valence-corrected chi connectivity index (χ0v) is 13.0. The van der Waals surface area contributed by atoms with E-state index in [0.29, 0.717) is 5.88 Å². The van der Waals surface area contributed by atoms with Crippen molar-refractivity contribution in [2.24, 2.45) is 0 Å². The second-order valence-corrected chi connectivity index (χ2v) is 5.23. The Morgan fingerprint density at radius 3 is 2.81 bits per heavy atom. The molecule has 3 rings (SSSR count). The van der Waals surface area contributed by atoms with Gasteiger partial charge in [0.1, 0.15) is 11.3 Å². The second kappa shape index (κ2) is 5.85. The Hall–Kier alpha value is -1.88. The maximum atomic E-state index is 6.06. The van der Waals surface area contributed by atoms with Crippen molar-refractivity contribution in [1.82, 2.24) is 24.3 Å². The zero-order valence-electron chi connectivity index (χ0n) is 12.3. The minimum absolute atomic E-state index is 0.403. The van der Waals surface area contributed by atoms with Crippen LogP contribution in [0.1, 0.15) is 24.1 Å². The van der Waals surface area contributed by atoms with Gasteiger partial charge in [-0.25, -0.2) is 9.67 Å². The van der Waals surface area contributed by atoms with Crippen molar-refractivity contribution in [1.29, 1.82) is 0 Å². The van der Waals surface area contributed by atoms with Gasteiger partial charge in [0.15, 0.2) is 5.65 Å². The quantitative estimate of drug-likeness (QED) is 0.681. The molecule has 3 aromatic heterocycles. The molecule has 0 amide bonds. The van der Waals surface area contributed by atoms with Crippen LogP contribution in [0.25, 0.3) is 11.2 Å². The van der Waals surface area contributed by atoms with Crippen LogP contribution in [0.4, 0.5) is 0 Å². The van der Waals surface area contributed by atoms with E-state index in [9.17, 15) is 0 Å². The van der Waals surface area contributed by atoms with Gasteiger partial charge in [0, 0.05) is 31.4 Å². The number of hydrogen-bond acceptors (Lipinski definition) is 3. The van der Waals surface area contributed by atoms with E-state index in [0.717, 1.165) is 47.9 Å². The average molecular weight is 304 g/mol. The summed E-state index contributed by atoms with van der Waals surface area (Å²) in [6.45, 7) is 5.70. The standard InChI is InChI=1S/C15H18ClN5/c1-3-21-15-14(11(2)19-21)18-13(10-16)20(15)9-7-12-6-4-5-8-17-12/h4-6,8H,3,7,9-10H2,1-2H3. The number of aromatic nitrogens is 5. The van der Waals surface area contributed by atoms with Gasteiger partial charge < -0.3 is 4.57 Å². The Balaban J connectivity index is 1.99. The molecule has 0 aliphatic rings. The summed E-state index contributed by atoms with van der Waals surface area (Å²) in [5.74, 6) is 1.30. The number of pyridine rings is 1. The van der Waals surface area contributed by atoms with Crippen LogP contribution in [0.15, 0.2) is 24.4 Å². The Bertz CT molecular complexity index is 744. The van der Waals surface area contributed by atoms with E-state index in [1.165, 1.54) is 0 Å². The maximum absolute atomic E-state index is 6.06. The molecule has 0 fully saturated rings. The van der Waals surface area contributed by atoms with E-state index in [2.05, 4.69) is 26.6 Å². The topological polar surface area (TPSA) is 48.5 Å². The lowest BCUT2D eigenvalue weighted by Gasteiger charge is -2.09. The molecular formula is C15H18ClN5. The Morgan fingerprint density at radius 2 is 2.14 bits per heavy atom. The summed E-state index contributed by atoms with van der Waals surface area (Å²) in [7, 11) is 0. The van der Waals surface area contributed by atoms with Gasteiger partial charge in [0.2, 0.25) is 0 Å². The number of aryl methyl sites for hydroxylation is 4. The van der Waals surface area contributed by atoms with Gasteiger partial charge in [-0.2, -0.15) is 5.10 Å². The van der Waals surface area contributed by atoms with E-state index >= 15 is 0 Å². The molecule has 0 unspecified atom stereocenters. The number of halogens is 1. The van der Waals surface area contributed by atoms with Crippen LogP contribution in [0.3, 0.4) is 0 Å². The Morgan fingerprint density at radius 1 is 1.29 bits per heavy atom. The van der Waals surface area contributed by atoms with Crippen LogP contribution < -0.4 is 0 Å². The number of fused-ring (bicyclic) bond motifs is 1. The molecule has 0 aliphatic carbocycles. The molecule has 6 heteroatoms. The summed E-state index contributed by atoms with van der Waals surface area (Å²) < 4.78 is 4.16. The smallest absolute Gasteiger partial charge is 0.158 e. The molecule has 0 atom stereocenters. The third-order valence-corrected chi connectivity index (χ3v) is 3.85. The van der Waals surface area contributed by atoms with E-state index in [-0.39, 0.29) is 0 Å². The highest BCUT2D eigenvalue weighted by Gasteiger charge is 2.17. The van der Waals surface area contributed by atoms with Crippen LogP contribution in [0.5, 0.6) is 0 Å². The fourth-order valence-electron chi connectivity index (χ4n) is 2.60. The minimum Gasteiger partial charge on any atom is -0.311 e. The summed E-state index contributed by atoms with van der Waals surface area (Å²) in [5, 5.41) is 4.53. The van der Waals surface area contributed by atoms with Gasteiger partial charge in [-0.3, -0.25) is 4.98 Å². The van der Waals surface area contributed by atoms with E-state index in [1.807, 2.05) is 36.0 Å². The lowest BCUT2D eigenvalue weighted by Crippen LogP contribution is -2.10.